The number of hydrogen-bond donors (Lipinski definition) is 1. The van der Waals surface area contributed by atoms with Gasteiger partial charge in [-0.1, -0.05) is 0 Å². The van der Waals surface area contributed by atoms with Gasteiger partial charge < -0.3 is 9.84 Å². The van der Waals surface area contributed by atoms with Crippen LogP contribution in [-0.4, -0.2) is 30.3 Å². The third-order valence-electron chi connectivity index (χ3n) is 5.14. The molecule has 1 atom stereocenters. The molecule has 4 rings (SSSR count). The molecule has 4 aromatic rings. The Labute approximate surface area is 193 Å². The number of nitrogens with zero attached hydrogens (tertiary/aromatic N) is 5. The predicted octanol–water partition coefficient (Wildman–Crippen LogP) is 3.88. The van der Waals surface area contributed by atoms with Gasteiger partial charge >= 0.3 is 5.92 Å². The van der Waals surface area contributed by atoms with Crippen LogP contribution in [0.2, 0.25) is 0 Å². The Balaban J connectivity index is 1.70. The fourth-order valence-electron chi connectivity index (χ4n) is 3.35. The van der Waals surface area contributed by atoms with E-state index >= 15 is 8.78 Å². The third-order valence-corrected chi connectivity index (χ3v) is 5.14. The Bertz CT molecular complexity index is 1340. The number of hydrogen-bond acceptors (Lipinski definition) is 6. The lowest BCUT2D eigenvalue weighted by molar-refractivity contribution is -0.207. The van der Waals surface area contributed by atoms with Crippen molar-refractivity contribution in [1.29, 1.82) is 0 Å². The summed E-state index contributed by atoms with van der Waals surface area (Å²) in [6, 6.07) is 6.48. The minimum Gasteiger partial charge on any atom is -0.489 e. The summed E-state index contributed by atoms with van der Waals surface area (Å²) in [5.41, 5.74) is -5.33. The van der Waals surface area contributed by atoms with Crippen LogP contribution in [0.4, 0.5) is 26.3 Å². The minimum absolute atomic E-state index is 0.0416. The lowest BCUT2D eigenvalue weighted by Crippen LogP contribution is -2.48. The van der Waals surface area contributed by atoms with E-state index in [4.69, 9.17) is 4.74 Å². The Morgan fingerprint density at radius 2 is 1.63 bits per heavy atom. The highest BCUT2D eigenvalue weighted by atomic mass is 19.3. The molecule has 0 saturated carbocycles. The molecule has 0 fully saturated rings. The van der Waals surface area contributed by atoms with E-state index in [1.807, 2.05) is 0 Å². The van der Waals surface area contributed by atoms with Crippen molar-refractivity contribution < 1.29 is 36.2 Å². The summed E-state index contributed by atoms with van der Waals surface area (Å²) in [6.45, 7) is -1.45. The molecule has 0 radical (unpaired) electrons. The molecule has 2 heterocycles. The van der Waals surface area contributed by atoms with E-state index in [9.17, 15) is 22.7 Å². The van der Waals surface area contributed by atoms with E-state index in [1.165, 1.54) is 6.07 Å². The molecule has 0 aliphatic heterocycles. The average molecular weight is 495 g/mol. The van der Waals surface area contributed by atoms with Crippen molar-refractivity contribution in [3.05, 3.63) is 101 Å². The van der Waals surface area contributed by atoms with Gasteiger partial charge in [0, 0.05) is 35.5 Å². The van der Waals surface area contributed by atoms with Gasteiger partial charge in [0.25, 0.3) is 0 Å². The zero-order valence-corrected chi connectivity index (χ0v) is 17.5. The first-order valence-electron chi connectivity index (χ1n) is 9.90. The highest BCUT2D eigenvalue weighted by Crippen LogP contribution is 2.47. The van der Waals surface area contributed by atoms with Crippen molar-refractivity contribution in [3.8, 4) is 5.75 Å². The van der Waals surface area contributed by atoms with Crippen molar-refractivity contribution in [2.75, 3.05) is 0 Å². The second-order valence-electron chi connectivity index (χ2n) is 7.47. The quantitative estimate of drug-likeness (QED) is 0.374. The van der Waals surface area contributed by atoms with Crippen molar-refractivity contribution in [2.45, 2.75) is 24.7 Å². The molecule has 0 aliphatic carbocycles. The van der Waals surface area contributed by atoms with Gasteiger partial charge in [0.15, 0.2) is 5.60 Å². The second kappa shape index (κ2) is 9.33. The maximum Gasteiger partial charge on any atom is 0.323 e. The number of pyridine rings is 1. The van der Waals surface area contributed by atoms with Crippen LogP contribution in [0.15, 0.2) is 61.1 Å². The van der Waals surface area contributed by atoms with Crippen LogP contribution in [0, 0.1) is 23.3 Å². The SMILES string of the molecule is OC(Cn1cnnn1)(c1ccc(F)cc1F)C(F)(F)c1cc(OCc2ccc(F)cc2F)ccn1. The Morgan fingerprint density at radius 1 is 0.914 bits per heavy atom. The summed E-state index contributed by atoms with van der Waals surface area (Å²) < 4.78 is 92.6. The van der Waals surface area contributed by atoms with Gasteiger partial charge in [-0.05, 0) is 40.8 Å². The summed E-state index contributed by atoms with van der Waals surface area (Å²) in [5.74, 6) is -8.65. The van der Waals surface area contributed by atoms with Crippen LogP contribution < -0.4 is 4.74 Å². The molecule has 2 aromatic carbocycles. The molecular formula is C22H15F6N5O2. The molecule has 13 heteroatoms. The summed E-state index contributed by atoms with van der Waals surface area (Å²) in [5, 5.41) is 21.2. The number of alkyl halides is 2. The van der Waals surface area contributed by atoms with Crippen LogP contribution in [0.5, 0.6) is 5.75 Å². The number of halogens is 6. The normalized spacial score (nSPS) is 13.5. The molecule has 0 amide bonds. The van der Waals surface area contributed by atoms with Gasteiger partial charge in [0.1, 0.15) is 47.6 Å². The largest absolute Gasteiger partial charge is 0.489 e. The number of rotatable bonds is 8. The zero-order valence-electron chi connectivity index (χ0n) is 17.5. The molecule has 35 heavy (non-hydrogen) atoms. The van der Waals surface area contributed by atoms with Crippen LogP contribution >= 0.6 is 0 Å². The highest BCUT2D eigenvalue weighted by Gasteiger charge is 2.58. The van der Waals surface area contributed by atoms with Crippen molar-refractivity contribution >= 4 is 0 Å². The minimum atomic E-state index is -4.29. The summed E-state index contributed by atoms with van der Waals surface area (Å²) in [7, 11) is 0. The standard InChI is InChI=1S/C22H15F6N5O2/c23-14-2-1-13(18(25)7-14)10-35-16-5-6-29-20(9-16)22(27,28)21(34,11-33-12-30-31-32-33)17-4-3-15(24)8-19(17)26/h1-9,12,34H,10-11H2. The van der Waals surface area contributed by atoms with Crippen molar-refractivity contribution in [3.63, 3.8) is 0 Å². The topological polar surface area (TPSA) is 86.0 Å². The van der Waals surface area contributed by atoms with E-state index < -0.39 is 59.2 Å². The molecule has 1 unspecified atom stereocenters. The molecule has 1 N–H and O–H groups in total. The maximum atomic E-state index is 15.8. The first kappa shape index (κ1) is 24.1. The van der Waals surface area contributed by atoms with Gasteiger partial charge in [-0.25, -0.2) is 22.2 Å². The van der Waals surface area contributed by atoms with Gasteiger partial charge in [0.2, 0.25) is 0 Å². The molecule has 182 valence electrons. The number of aliphatic hydroxyl groups is 1. The number of aromatic nitrogens is 5. The van der Waals surface area contributed by atoms with Crippen molar-refractivity contribution in [1.82, 2.24) is 25.2 Å². The lowest BCUT2D eigenvalue weighted by atomic mass is 9.84. The zero-order chi connectivity index (χ0) is 25.2. The number of ether oxygens (including phenoxy) is 1. The van der Waals surface area contributed by atoms with Crippen LogP contribution in [0.3, 0.4) is 0 Å². The van der Waals surface area contributed by atoms with Gasteiger partial charge in [-0.3, -0.25) is 4.98 Å². The van der Waals surface area contributed by atoms with Crippen molar-refractivity contribution in [2.24, 2.45) is 0 Å². The van der Waals surface area contributed by atoms with E-state index in [-0.39, 0.29) is 11.3 Å². The van der Waals surface area contributed by atoms with E-state index in [2.05, 4.69) is 20.5 Å². The maximum absolute atomic E-state index is 15.8. The molecular weight excluding hydrogens is 480 g/mol. The lowest BCUT2D eigenvalue weighted by Gasteiger charge is -2.35. The predicted molar refractivity (Wildman–Crippen MR) is 107 cm³/mol. The summed E-state index contributed by atoms with van der Waals surface area (Å²) in [4.78, 5) is 3.59. The van der Waals surface area contributed by atoms with Gasteiger partial charge in [-0.15, -0.1) is 5.10 Å². The fourth-order valence-corrected chi connectivity index (χ4v) is 3.35. The molecule has 7 nitrogen and oxygen atoms in total. The van der Waals surface area contributed by atoms with E-state index in [0.717, 1.165) is 35.4 Å². The van der Waals surface area contributed by atoms with Gasteiger partial charge in [0.05, 0.1) is 6.54 Å². The smallest absolute Gasteiger partial charge is 0.323 e. The third kappa shape index (κ3) is 4.80. The number of benzene rings is 2. The highest BCUT2D eigenvalue weighted by molar-refractivity contribution is 5.34. The Kier molecular flexibility index (Phi) is 6.43. The van der Waals surface area contributed by atoms with Gasteiger partial charge in [-0.2, -0.15) is 8.78 Å². The first-order valence-corrected chi connectivity index (χ1v) is 9.90. The van der Waals surface area contributed by atoms with Crippen LogP contribution in [-0.2, 0) is 24.7 Å². The molecule has 0 spiro atoms. The summed E-state index contributed by atoms with van der Waals surface area (Å²) >= 11 is 0. The monoisotopic (exact) mass is 495 g/mol. The van der Waals surface area contributed by atoms with E-state index in [0.29, 0.717) is 24.3 Å². The molecule has 0 aliphatic rings. The Hall–Kier alpha value is -4.00. The second-order valence-corrected chi connectivity index (χ2v) is 7.47. The molecule has 0 saturated heterocycles. The first-order chi connectivity index (χ1) is 16.6. The Morgan fingerprint density at radius 3 is 2.29 bits per heavy atom. The molecule has 0 bridgehead atoms. The van der Waals surface area contributed by atoms with Crippen LogP contribution in [0.25, 0.3) is 0 Å². The fraction of sp³-hybridized carbons (Fsp3) is 0.182. The number of tetrazole rings is 1. The van der Waals surface area contributed by atoms with E-state index in [1.54, 1.807) is 0 Å². The molecule has 2 aromatic heterocycles. The summed E-state index contributed by atoms with van der Waals surface area (Å²) in [6.07, 6.45) is 1.87. The van der Waals surface area contributed by atoms with Crippen LogP contribution in [0.1, 0.15) is 16.8 Å². The average Bonchev–Trinajstić information content (AvgIpc) is 3.31.